The molecule has 7 aromatic rings. The van der Waals surface area contributed by atoms with Gasteiger partial charge in [0.25, 0.3) is 0 Å². The molecule has 0 unspecified atom stereocenters. The number of hydrogen-bond donors (Lipinski definition) is 0. The summed E-state index contributed by atoms with van der Waals surface area (Å²) in [6.45, 7) is 11.7. The van der Waals surface area contributed by atoms with Crippen LogP contribution in [0.15, 0.2) is 97.3 Å². The molecule has 0 atom stereocenters. The maximum absolute atomic E-state index is 4.84. The third kappa shape index (κ3) is 7.64. The summed E-state index contributed by atoms with van der Waals surface area (Å²) >= 11 is 1.96. The number of aromatic nitrogens is 2. The summed E-state index contributed by atoms with van der Waals surface area (Å²) in [7, 11) is -1.34. The molecule has 9 rings (SSSR count). The van der Waals surface area contributed by atoms with E-state index in [1.165, 1.54) is 98.1 Å². The Kier molecular flexibility index (Phi) is 11.3. The Bertz CT molecular complexity index is 2370. The molecule has 53 heavy (non-hydrogen) atoms. The minimum Gasteiger partial charge on any atom is -0.305 e. The molecule has 2 nitrogen and oxygen atoms in total. The normalized spacial score (nSPS) is 13.9. The van der Waals surface area contributed by atoms with Gasteiger partial charge in [-0.05, 0) is 118 Å². The van der Waals surface area contributed by atoms with Gasteiger partial charge in [0, 0.05) is 37.2 Å². The van der Waals surface area contributed by atoms with E-state index in [2.05, 4.69) is 124 Å². The second-order valence-corrected chi connectivity index (χ2v) is 22.0. The molecule has 4 aromatic carbocycles. The van der Waals surface area contributed by atoms with Crippen molar-refractivity contribution in [2.75, 3.05) is 0 Å². The van der Waals surface area contributed by atoms with Crippen molar-refractivity contribution >= 4 is 44.8 Å². The van der Waals surface area contributed by atoms with Crippen LogP contribution in [-0.2, 0) is 45.8 Å². The van der Waals surface area contributed by atoms with Gasteiger partial charge < -0.3 is 9.97 Å². The van der Waals surface area contributed by atoms with Gasteiger partial charge in [-0.25, -0.2) is 0 Å². The maximum atomic E-state index is 4.84. The molecular formula is C48H48IrN2SSi-2. The summed E-state index contributed by atoms with van der Waals surface area (Å²) in [5, 5.41) is 4.25. The summed E-state index contributed by atoms with van der Waals surface area (Å²) in [6.07, 6.45) is 14.0. The standard InChI is InChI=1S/C31H26NS.C17H22NSi.Ir/c1-2-8-20(9-3-1)26-19-28-27-18-22(30-23-11-5-4-10-21(23)16-17-32-30)14-15-29(27)33-31(28)25-13-7-6-12-24(25)26;1-13(2)15-11-16(14-9-7-6-8-10-14)18-12-17(15)19(3,4)5;/h1-3,8-9,15-19H,4-7,10-13H2;6-9,11-13H,1-5H3;/q2*-1;. The molecule has 3 heterocycles. The van der Waals surface area contributed by atoms with Crippen LogP contribution < -0.4 is 5.19 Å². The first-order valence-corrected chi connectivity index (χ1v) is 23.5. The predicted octanol–water partition coefficient (Wildman–Crippen LogP) is 12.6. The number of benzene rings is 4. The van der Waals surface area contributed by atoms with Gasteiger partial charge in [-0.1, -0.05) is 92.0 Å². The second-order valence-electron chi connectivity index (χ2n) is 15.9. The Labute approximate surface area is 334 Å². The average Bonchev–Trinajstić information content (AvgIpc) is 3.56. The monoisotopic (exact) mass is 905 g/mol. The number of rotatable bonds is 5. The molecular weight excluding hydrogens is 857 g/mol. The van der Waals surface area contributed by atoms with Crippen molar-refractivity contribution in [3.8, 4) is 33.6 Å². The fourth-order valence-electron chi connectivity index (χ4n) is 8.29. The molecule has 5 heteroatoms. The fraction of sp³-hybridized carbons (Fsp3) is 0.292. The summed E-state index contributed by atoms with van der Waals surface area (Å²) in [5.41, 5.74) is 14.7. The number of thiophene rings is 1. The molecule has 0 spiro atoms. The molecule has 1 radical (unpaired) electrons. The quantitative estimate of drug-likeness (QED) is 0.127. The number of fused-ring (bicyclic) bond motifs is 6. The van der Waals surface area contributed by atoms with E-state index in [0.29, 0.717) is 5.92 Å². The predicted molar refractivity (Wildman–Crippen MR) is 226 cm³/mol. The molecule has 0 bridgehead atoms. The van der Waals surface area contributed by atoms with Crippen LogP contribution in [0.5, 0.6) is 0 Å². The average molecular weight is 905 g/mol. The van der Waals surface area contributed by atoms with Crippen molar-refractivity contribution in [2.24, 2.45) is 0 Å². The van der Waals surface area contributed by atoms with Gasteiger partial charge in [0.2, 0.25) is 0 Å². The summed E-state index contributed by atoms with van der Waals surface area (Å²) in [5.74, 6) is 0.534. The van der Waals surface area contributed by atoms with Crippen molar-refractivity contribution in [3.05, 3.63) is 137 Å². The number of hydrogen-bond acceptors (Lipinski definition) is 3. The van der Waals surface area contributed by atoms with Gasteiger partial charge in [-0.15, -0.1) is 59.7 Å². The van der Waals surface area contributed by atoms with Crippen molar-refractivity contribution in [1.29, 1.82) is 0 Å². The third-order valence-corrected chi connectivity index (χ3v) is 14.2. The molecule has 0 saturated heterocycles. The Hall–Kier alpha value is -3.73. The van der Waals surface area contributed by atoms with Gasteiger partial charge in [0.15, 0.2) is 0 Å². The first-order chi connectivity index (χ1) is 25.3. The topological polar surface area (TPSA) is 25.8 Å². The zero-order valence-electron chi connectivity index (χ0n) is 31.6. The molecule has 2 aliphatic rings. The van der Waals surface area contributed by atoms with Crippen LogP contribution in [0.25, 0.3) is 53.8 Å². The minimum absolute atomic E-state index is 0. The molecule has 0 aliphatic heterocycles. The van der Waals surface area contributed by atoms with Crippen molar-refractivity contribution in [3.63, 3.8) is 0 Å². The van der Waals surface area contributed by atoms with E-state index < -0.39 is 8.07 Å². The van der Waals surface area contributed by atoms with Crippen LogP contribution in [-0.4, -0.2) is 18.0 Å². The zero-order chi connectivity index (χ0) is 35.8. The zero-order valence-corrected chi connectivity index (χ0v) is 35.8. The van der Waals surface area contributed by atoms with E-state index in [0.717, 1.165) is 28.9 Å². The van der Waals surface area contributed by atoms with Gasteiger partial charge in [-0.2, -0.15) is 11.3 Å². The first kappa shape index (κ1) is 37.6. The van der Waals surface area contributed by atoms with E-state index in [9.17, 15) is 0 Å². The maximum Gasteiger partial charge on any atom is 0.0799 e. The molecule has 0 amide bonds. The SMILES string of the molecule is CC(C)c1cc(-c2[c-]cccc2)ncc1[Si](C)(C)C.[Ir].[c-]1cc2sc3c4c(c(-c5ccccc5)cc3c2cc1-c1nccc2c1CCCC2)CCCC4. The van der Waals surface area contributed by atoms with Gasteiger partial charge in [-0.3, -0.25) is 0 Å². The van der Waals surface area contributed by atoms with Gasteiger partial charge >= 0.3 is 0 Å². The molecule has 3 aromatic heterocycles. The smallest absolute Gasteiger partial charge is 0.0799 e. The summed E-state index contributed by atoms with van der Waals surface area (Å²) < 4.78 is 2.84. The van der Waals surface area contributed by atoms with Crippen LogP contribution in [0.1, 0.15) is 73.3 Å². The molecule has 2 aliphatic carbocycles. The summed E-state index contributed by atoms with van der Waals surface area (Å²) in [6, 6.07) is 37.4. The first-order valence-electron chi connectivity index (χ1n) is 19.2. The van der Waals surface area contributed by atoms with Crippen LogP contribution in [0.4, 0.5) is 0 Å². The third-order valence-electron chi connectivity index (χ3n) is 11.0. The van der Waals surface area contributed by atoms with Crippen LogP contribution >= 0.6 is 11.3 Å². The van der Waals surface area contributed by atoms with E-state index in [4.69, 9.17) is 4.98 Å². The van der Waals surface area contributed by atoms with E-state index in [1.54, 1.807) is 11.1 Å². The van der Waals surface area contributed by atoms with Gasteiger partial charge in [0.05, 0.1) is 8.07 Å². The Morgan fingerprint density at radius 2 is 1.45 bits per heavy atom. The molecule has 0 N–H and O–H groups in total. The Morgan fingerprint density at radius 1 is 0.717 bits per heavy atom. The Balaban J connectivity index is 0.000000187. The molecule has 271 valence electrons. The largest absolute Gasteiger partial charge is 0.305 e. The second kappa shape index (κ2) is 15.9. The van der Waals surface area contributed by atoms with Crippen molar-refractivity contribution < 1.29 is 20.1 Å². The van der Waals surface area contributed by atoms with Crippen molar-refractivity contribution in [2.45, 2.75) is 90.8 Å². The molecule has 0 saturated carbocycles. The number of aryl methyl sites for hydroxylation is 2. The van der Waals surface area contributed by atoms with E-state index in [-0.39, 0.29) is 20.1 Å². The number of pyridine rings is 2. The van der Waals surface area contributed by atoms with Crippen LogP contribution in [0, 0.1) is 12.1 Å². The summed E-state index contributed by atoms with van der Waals surface area (Å²) in [4.78, 5) is 9.50. The van der Waals surface area contributed by atoms with Crippen molar-refractivity contribution in [1.82, 2.24) is 9.97 Å². The van der Waals surface area contributed by atoms with E-state index in [1.807, 2.05) is 35.7 Å². The van der Waals surface area contributed by atoms with E-state index >= 15 is 0 Å². The van der Waals surface area contributed by atoms with Crippen LogP contribution in [0.3, 0.4) is 0 Å². The number of nitrogens with zero attached hydrogens (tertiary/aromatic N) is 2. The van der Waals surface area contributed by atoms with Gasteiger partial charge in [0.1, 0.15) is 0 Å². The molecule has 0 fully saturated rings. The Morgan fingerprint density at radius 3 is 2.19 bits per heavy atom. The fourth-order valence-corrected chi connectivity index (χ4v) is 11.2. The minimum atomic E-state index is -1.34. The van der Waals surface area contributed by atoms with Crippen LogP contribution in [0.2, 0.25) is 19.6 Å².